The van der Waals surface area contributed by atoms with Gasteiger partial charge in [-0.2, -0.15) is 0 Å². The molecule has 0 aromatic heterocycles. The molecule has 4 nitrogen and oxygen atoms in total. The van der Waals surface area contributed by atoms with Gasteiger partial charge in [0.1, 0.15) is 0 Å². The number of anilines is 1. The molecule has 0 heterocycles. The minimum atomic E-state index is -0.354. The molecule has 2 rings (SSSR count). The van der Waals surface area contributed by atoms with E-state index in [2.05, 4.69) is 26.6 Å². The van der Waals surface area contributed by atoms with Crippen molar-refractivity contribution in [3.05, 3.63) is 69.7 Å². The highest BCUT2D eigenvalue weighted by molar-refractivity contribution is 9.10. The fourth-order valence-corrected chi connectivity index (χ4v) is 2.35. The van der Waals surface area contributed by atoms with Crippen LogP contribution in [0.25, 0.3) is 6.08 Å². The van der Waals surface area contributed by atoms with E-state index in [1.54, 1.807) is 30.3 Å². The monoisotopic (exact) mass is 392 g/mol. The summed E-state index contributed by atoms with van der Waals surface area (Å²) in [6.07, 6.45) is 2.99. The third-order valence-electron chi connectivity index (χ3n) is 2.85. The second-order valence-electron chi connectivity index (χ2n) is 4.63. The van der Waals surface area contributed by atoms with E-state index in [0.717, 1.165) is 10.0 Å². The first-order valence-corrected chi connectivity index (χ1v) is 7.97. The average molecular weight is 394 g/mol. The molecule has 0 fully saturated rings. The lowest BCUT2D eigenvalue weighted by atomic mass is 10.2. The zero-order valence-corrected chi connectivity index (χ0v) is 14.4. The molecule has 118 valence electrons. The molecule has 0 radical (unpaired) electrons. The number of carbonyl (C=O) groups excluding carboxylic acids is 2. The molecule has 0 saturated carbocycles. The summed E-state index contributed by atoms with van der Waals surface area (Å²) in [6, 6.07) is 14.4. The Kier molecular flexibility index (Phi) is 6.38. The minimum absolute atomic E-state index is 0.111. The quantitative estimate of drug-likeness (QED) is 0.758. The van der Waals surface area contributed by atoms with Crippen molar-refractivity contribution in [3.63, 3.8) is 0 Å². The SMILES string of the molecule is O=C(/C=C/c1cccc(Cl)c1)NCC(=O)Nc1ccccc1Br. The Labute approximate surface area is 147 Å². The van der Waals surface area contributed by atoms with Crippen LogP contribution in [0.2, 0.25) is 5.02 Å². The summed E-state index contributed by atoms with van der Waals surface area (Å²) in [7, 11) is 0. The van der Waals surface area contributed by atoms with Crippen LogP contribution in [-0.2, 0) is 9.59 Å². The summed E-state index contributed by atoms with van der Waals surface area (Å²) in [5, 5.41) is 5.82. The number of amides is 2. The highest BCUT2D eigenvalue weighted by Crippen LogP contribution is 2.20. The largest absolute Gasteiger partial charge is 0.343 e. The molecular formula is C17H14BrClN2O2. The molecular weight excluding hydrogens is 380 g/mol. The van der Waals surface area contributed by atoms with Crippen LogP contribution in [0.5, 0.6) is 0 Å². The van der Waals surface area contributed by atoms with Crippen LogP contribution in [0.4, 0.5) is 5.69 Å². The van der Waals surface area contributed by atoms with Gasteiger partial charge in [0.2, 0.25) is 11.8 Å². The predicted molar refractivity (Wildman–Crippen MR) is 96.3 cm³/mol. The third kappa shape index (κ3) is 5.88. The summed E-state index contributed by atoms with van der Waals surface area (Å²) in [5.41, 5.74) is 1.46. The Morgan fingerprint density at radius 3 is 2.65 bits per heavy atom. The van der Waals surface area contributed by atoms with Crippen LogP contribution in [0, 0.1) is 0 Å². The third-order valence-corrected chi connectivity index (χ3v) is 3.77. The molecule has 6 heteroatoms. The molecule has 2 aromatic carbocycles. The van der Waals surface area contributed by atoms with E-state index in [-0.39, 0.29) is 18.4 Å². The van der Waals surface area contributed by atoms with E-state index in [1.807, 2.05) is 24.3 Å². The lowest BCUT2D eigenvalue weighted by Gasteiger charge is -2.07. The van der Waals surface area contributed by atoms with Crippen molar-refractivity contribution >= 4 is 51.1 Å². The lowest BCUT2D eigenvalue weighted by molar-refractivity contribution is -0.121. The van der Waals surface area contributed by atoms with Gasteiger partial charge in [0.15, 0.2) is 0 Å². The molecule has 0 unspecified atom stereocenters. The molecule has 0 spiro atoms. The minimum Gasteiger partial charge on any atom is -0.343 e. The maximum absolute atomic E-state index is 11.8. The Morgan fingerprint density at radius 1 is 1.13 bits per heavy atom. The van der Waals surface area contributed by atoms with Gasteiger partial charge in [-0.1, -0.05) is 35.9 Å². The van der Waals surface area contributed by atoms with Crippen molar-refractivity contribution in [2.24, 2.45) is 0 Å². The van der Waals surface area contributed by atoms with Crippen molar-refractivity contribution in [2.45, 2.75) is 0 Å². The van der Waals surface area contributed by atoms with E-state index >= 15 is 0 Å². The van der Waals surface area contributed by atoms with E-state index in [4.69, 9.17) is 11.6 Å². The number of hydrogen-bond donors (Lipinski definition) is 2. The zero-order chi connectivity index (χ0) is 16.7. The molecule has 0 aliphatic carbocycles. The van der Waals surface area contributed by atoms with E-state index in [9.17, 15) is 9.59 Å². The predicted octanol–water partition coefficient (Wildman–Crippen LogP) is 3.87. The lowest BCUT2D eigenvalue weighted by Crippen LogP contribution is -2.31. The van der Waals surface area contributed by atoms with Gasteiger partial charge in [0.25, 0.3) is 0 Å². The normalized spacial score (nSPS) is 10.5. The zero-order valence-electron chi connectivity index (χ0n) is 12.1. The fraction of sp³-hybridized carbons (Fsp3) is 0.0588. The highest BCUT2D eigenvalue weighted by Gasteiger charge is 2.05. The second-order valence-corrected chi connectivity index (χ2v) is 5.92. The second kappa shape index (κ2) is 8.50. The fourth-order valence-electron chi connectivity index (χ4n) is 1.77. The van der Waals surface area contributed by atoms with Gasteiger partial charge in [-0.15, -0.1) is 0 Å². The summed E-state index contributed by atoms with van der Waals surface area (Å²) >= 11 is 9.20. The summed E-state index contributed by atoms with van der Waals surface area (Å²) in [5.74, 6) is -0.659. The van der Waals surface area contributed by atoms with Crippen molar-refractivity contribution in [1.29, 1.82) is 0 Å². The Hall–Kier alpha value is -2.11. The number of carbonyl (C=O) groups is 2. The first-order valence-electron chi connectivity index (χ1n) is 6.80. The average Bonchev–Trinajstić information content (AvgIpc) is 2.53. The first-order chi connectivity index (χ1) is 11.0. The summed E-state index contributed by atoms with van der Waals surface area (Å²) < 4.78 is 0.778. The standard InChI is InChI=1S/C17H14BrClN2O2/c18-14-6-1-2-7-15(14)21-17(23)11-20-16(22)9-8-12-4-3-5-13(19)10-12/h1-10H,11H2,(H,20,22)(H,21,23)/b9-8+. The van der Waals surface area contributed by atoms with Crippen LogP contribution in [0.3, 0.4) is 0 Å². The van der Waals surface area contributed by atoms with Crippen LogP contribution >= 0.6 is 27.5 Å². The van der Waals surface area contributed by atoms with E-state index in [1.165, 1.54) is 6.08 Å². The van der Waals surface area contributed by atoms with E-state index < -0.39 is 0 Å². The summed E-state index contributed by atoms with van der Waals surface area (Å²) in [4.78, 5) is 23.5. The first kappa shape index (κ1) is 17.2. The van der Waals surface area contributed by atoms with Gasteiger partial charge in [-0.05, 0) is 51.8 Å². The van der Waals surface area contributed by atoms with Crippen molar-refractivity contribution < 1.29 is 9.59 Å². The smallest absolute Gasteiger partial charge is 0.244 e. The van der Waals surface area contributed by atoms with Gasteiger partial charge in [-0.25, -0.2) is 0 Å². The number of rotatable bonds is 5. The summed E-state index contributed by atoms with van der Waals surface area (Å²) in [6.45, 7) is -0.111. The number of halogens is 2. The number of para-hydroxylation sites is 1. The molecule has 0 aliphatic rings. The maximum atomic E-state index is 11.8. The van der Waals surface area contributed by atoms with Gasteiger partial charge in [0.05, 0.1) is 12.2 Å². The topological polar surface area (TPSA) is 58.2 Å². The molecule has 23 heavy (non-hydrogen) atoms. The maximum Gasteiger partial charge on any atom is 0.244 e. The highest BCUT2D eigenvalue weighted by atomic mass is 79.9. The van der Waals surface area contributed by atoms with Gasteiger partial charge in [0, 0.05) is 15.6 Å². The number of benzene rings is 2. The van der Waals surface area contributed by atoms with Gasteiger partial charge in [-0.3, -0.25) is 9.59 Å². The van der Waals surface area contributed by atoms with Gasteiger partial charge >= 0.3 is 0 Å². The van der Waals surface area contributed by atoms with Crippen LogP contribution in [0.1, 0.15) is 5.56 Å². The molecule has 2 N–H and O–H groups in total. The molecule has 2 amide bonds. The molecule has 0 aliphatic heterocycles. The molecule has 0 saturated heterocycles. The Bertz CT molecular complexity index is 747. The molecule has 0 atom stereocenters. The van der Waals surface area contributed by atoms with Crippen molar-refractivity contribution in [1.82, 2.24) is 5.32 Å². The molecule has 2 aromatic rings. The van der Waals surface area contributed by atoms with Crippen LogP contribution in [0.15, 0.2) is 59.1 Å². The van der Waals surface area contributed by atoms with Crippen molar-refractivity contribution in [2.75, 3.05) is 11.9 Å². The Morgan fingerprint density at radius 2 is 1.91 bits per heavy atom. The van der Waals surface area contributed by atoms with Crippen LogP contribution < -0.4 is 10.6 Å². The Balaban J connectivity index is 1.82. The molecule has 0 bridgehead atoms. The number of nitrogens with one attached hydrogen (secondary N) is 2. The number of hydrogen-bond acceptors (Lipinski definition) is 2. The van der Waals surface area contributed by atoms with E-state index in [0.29, 0.717) is 10.7 Å². The van der Waals surface area contributed by atoms with Gasteiger partial charge < -0.3 is 10.6 Å². The van der Waals surface area contributed by atoms with Crippen molar-refractivity contribution in [3.8, 4) is 0 Å². The van der Waals surface area contributed by atoms with Crippen LogP contribution in [-0.4, -0.2) is 18.4 Å².